The van der Waals surface area contributed by atoms with Gasteiger partial charge in [0, 0.05) is 6.92 Å². The molecular formula is C8H14N2O6. The Hall–Kier alpha value is -1.22. The van der Waals surface area contributed by atoms with Crippen LogP contribution in [-0.4, -0.2) is 62.8 Å². The molecule has 0 bridgehead atoms. The van der Waals surface area contributed by atoms with Crippen LogP contribution in [0.15, 0.2) is 0 Å². The average molecular weight is 234 g/mol. The molecule has 0 aromatic rings. The van der Waals surface area contributed by atoms with Gasteiger partial charge in [0.1, 0.15) is 18.2 Å². The number of aliphatic hydroxyl groups excluding tert-OH is 3. The molecule has 6 N–H and O–H groups in total. The van der Waals surface area contributed by atoms with E-state index in [4.69, 9.17) is 5.11 Å². The minimum Gasteiger partial charge on any atom is -0.391 e. The lowest BCUT2D eigenvalue weighted by atomic mass is 9.91. The highest BCUT2D eigenvalue weighted by atomic mass is 16.4. The van der Waals surface area contributed by atoms with Crippen LogP contribution < -0.4 is 10.6 Å². The van der Waals surface area contributed by atoms with E-state index >= 15 is 0 Å². The van der Waals surface area contributed by atoms with Crippen molar-refractivity contribution < 1.29 is 30.0 Å². The third-order valence-corrected chi connectivity index (χ3v) is 2.38. The number of nitrogens with one attached hydrogen (secondary N) is 2. The van der Waals surface area contributed by atoms with Crippen LogP contribution in [0.3, 0.4) is 0 Å². The molecule has 0 aromatic carbocycles. The highest BCUT2D eigenvalue weighted by Crippen LogP contribution is 2.18. The lowest BCUT2D eigenvalue weighted by Crippen LogP contribution is -2.74. The van der Waals surface area contributed by atoms with Gasteiger partial charge in [-0.2, -0.15) is 0 Å². The first kappa shape index (κ1) is 12.8. The van der Waals surface area contributed by atoms with Crippen LogP contribution in [0.1, 0.15) is 6.92 Å². The van der Waals surface area contributed by atoms with Gasteiger partial charge in [-0.25, -0.2) is 0 Å². The molecule has 1 aliphatic rings. The molecule has 16 heavy (non-hydrogen) atoms. The third kappa shape index (κ3) is 2.14. The molecule has 1 aliphatic heterocycles. The quantitative estimate of drug-likeness (QED) is 0.288. The lowest BCUT2D eigenvalue weighted by Gasteiger charge is -2.42. The van der Waals surface area contributed by atoms with E-state index in [-0.39, 0.29) is 0 Å². The van der Waals surface area contributed by atoms with Crippen molar-refractivity contribution in [1.29, 1.82) is 0 Å². The van der Waals surface area contributed by atoms with Gasteiger partial charge in [0.2, 0.25) is 11.8 Å². The zero-order valence-corrected chi connectivity index (χ0v) is 8.54. The molecule has 0 radical (unpaired) electrons. The summed E-state index contributed by atoms with van der Waals surface area (Å²) in [6.07, 6.45) is -3.50. The fraction of sp³-hybridized carbons (Fsp3) is 0.750. The first-order valence-corrected chi connectivity index (χ1v) is 4.60. The van der Waals surface area contributed by atoms with Crippen LogP contribution >= 0.6 is 0 Å². The average Bonchev–Trinajstić information content (AvgIpc) is 2.21. The van der Waals surface area contributed by atoms with Gasteiger partial charge in [0.15, 0.2) is 5.72 Å². The Morgan fingerprint density at radius 1 is 1.56 bits per heavy atom. The van der Waals surface area contributed by atoms with E-state index < -0.39 is 42.4 Å². The SMILES string of the molecule is CC(=O)N[C@H]1C(=O)N[C@@](O)(CO)[C@H](O)[C@@H]1O. The van der Waals surface area contributed by atoms with Crippen LogP contribution in [0.2, 0.25) is 0 Å². The van der Waals surface area contributed by atoms with Crippen LogP contribution in [0, 0.1) is 0 Å². The number of carbonyl (C=O) groups is 2. The minimum absolute atomic E-state index is 0.569. The van der Waals surface area contributed by atoms with E-state index in [0.717, 1.165) is 6.92 Å². The first-order chi connectivity index (χ1) is 7.31. The topological polar surface area (TPSA) is 139 Å². The predicted molar refractivity (Wildman–Crippen MR) is 49.8 cm³/mol. The van der Waals surface area contributed by atoms with E-state index in [0.29, 0.717) is 0 Å². The molecule has 1 fully saturated rings. The number of aliphatic hydroxyl groups is 4. The zero-order valence-electron chi connectivity index (χ0n) is 8.54. The molecule has 1 heterocycles. The van der Waals surface area contributed by atoms with Crippen LogP contribution in [0.25, 0.3) is 0 Å². The standard InChI is InChI=1S/C8H14N2O6/c1-3(12)9-4-5(13)6(14)8(16,2-11)10-7(4)15/h4-6,11,13-14,16H,2H2,1H3,(H,9,12)(H,10,15)/t4-,5-,6-,8-/m1/s1. The smallest absolute Gasteiger partial charge is 0.247 e. The van der Waals surface area contributed by atoms with Crippen molar-refractivity contribution >= 4 is 11.8 Å². The molecule has 92 valence electrons. The van der Waals surface area contributed by atoms with Crippen molar-refractivity contribution in [1.82, 2.24) is 10.6 Å². The van der Waals surface area contributed by atoms with Gasteiger partial charge in [-0.1, -0.05) is 0 Å². The maximum atomic E-state index is 11.4. The van der Waals surface area contributed by atoms with Crippen molar-refractivity contribution in [2.75, 3.05) is 6.61 Å². The van der Waals surface area contributed by atoms with Gasteiger partial charge >= 0.3 is 0 Å². The normalized spacial score (nSPS) is 39.1. The Bertz CT molecular complexity index is 309. The molecule has 1 saturated heterocycles. The number of piperidine rings is 1. The summed E-state index contributed by atoms with van der Waals surface area (Å²) < 4.78 is 0. The maximum Gasteiger partial charge on any atom is 0.247 e. The van der Waals surface area contributed by atoms with E-state index in [1.165, 1.54) is 0 Å². The van der Waals surface area contributed by atoms with Crippen LogP contribution in [0.5, 0.6) is 0 Å². The van der Waals surface area contributed by atoms with E-state index in [1.807, 2.05) is 5.32 Å². The largest absolute Gasteiger partial charge is 0.391 e. The highest BCUT2D eigenvalue weighted by Gasteiger charge is 2.51. The second-order valence-corrected chi connectivity index (χ2v) is 3.69. The van der Waals surface area contributed by atoms with Gasteiger partial charge in [-0.15, -0.1) is 0 Å². The number of hydrogen-bond donors (Lipinski definition) is 6. The summed E-state index contributed by atoms with van der Waals surface area (Å²) in [4.78, 5) is 22.1. The first-order valence-electron chi connectivity index (χ1n) is 4.60. The van der Waals surface area contributed by atoms with Gasteiger partial charge < -0.3 is 31.1 Å². The number of amides is 2. The summed E-state index contributed by atoms with van der Waals surface area (Å²) in [5, 5.41) is 41.4. The van der Waals surface area contributed by atoms with Crippen LogP contribution in [0.4, 0.5) is 0 Å². The predicted octanol–water partition coefficient (Wildman–Crippen LogP) is -3.98. The molecule has 8 heteroatoms. The van der Waals surface area contributed by atoms with Crippen LogP contribution in [-0.2, 0) is 9.59 Å². The summed E-state index contributed by atoms with van der Waals surface area (Å²) >= 11 is 0. The third-order valence-electron chi connectivity index (χ3n) is 2.38. The Morgan fingerprint density at radius 3 is 2.56 bits per heavy atom. The molecule has 0 saturated carbocycles. The lowest BCUT2D eigenvalue weighted by molar-refractivity contribution is -0.195. The van der Waals surface area contributed by atoms with Gasteiger partial charge in [0.05, 0.1) is 6.61 Å². The monoisotopic (exact) mass is 234 g/mol. The number of carbonyl (C=O) groups excluding carboxylic acids is 2. The number of hydrogen-bond acceptors (Lipinski definition) is 6. The Kier molecular flexibility index (Phi) is 3.48. The Morgan fingerprint density at radius 2 is 2.12 bits per heavy atom. The minimum atomic E-state index is -2.30. The Labute approximate surface area is 90.9 Å². The molecule has 2 amide bonds. The molecule has 8 nitrogen and oxygen atoms in total. The van der Waals surface area contributed by atoms with Gasteiger partial charge in [-0.05, 0) is 0 Å². The Balaban J connectivity index is 2.88. The highest BCUT2D eigenvalue weighted by molar-refractivity contribution is 5.88. The fourth-order valence-electron chi connectivity index (χ4n) is 1.49. The zero-order chi connectivity index (χ0) is 12.5. The molecule has 0 aliphatic carbocycles. The number of rotatable bonds is 2. The molecule has 0 spiro atoms. The summed E-state index contributed by atoms with van der Waals surface area (Å²) in [7, 11) is 0. The molecule has 0 aromatic heterocycles. The van der Waals surface area contributed by atoms with Crippen molar-refractivity contribution in [3.63, 3.8) is 0 Å². The second-order valence-electron chi connectivity index (χ2n) is 3.69. The molecular weight excluding hydrogens is 220 g/mol. The molecule has 0 unspecified atom stereocenters. The van der Waals surface area contributed by atoms with E-state index in [9.17, 15) is 24.9 Å². The van der Waals surface area contributed by atoms with Crippen molar-refractivity contribution in [3.05, 3.63) is 0 Å². The molecule has 1 rings (SSSR count). The summed E-state index contributed by atoms with van der Waals surface area (Å²) in [6, 6.07) is -1.36. The van der Waals surface area contributed by atoms with E-state index in [1.54, 1.807) is 0 Å². The van der Waals surface area contributed by atoms with Gasteiger partial charge in [-0.3, -0.25) is 9.59 Å². The summed E-state index contributed by atoms with van der Waals surface area (Å²) in [5.41, 5.74) is -2.30. The molecule has 4 atom stereocenters. The van der Waals surface area contributed by atoms with Gasteiger partial charge in [0.25, 0.3) is 0 Å². The summed E-state index contributed by atoms with van der Waals surface area (Å²) in [6.45, 7) is 0.184. The second kappa shape index (κ2) is 4.34. The maximum absolute atomic E-state index is 11.4. The van der Waals surface area contributed by atoms with E-state index in [2.05, 4.69) is 5.32 Å². The summed E-state index contributed by atoms with van der Waals surface area (Å²) in [5.74, 6) is -1.45. The van der Waals surface area contributed by atoms with Crippen molar-refractivity contribution in [3.8, 4) is 0 Å². The fourth-order valence-corrected chi connectivity index (χ4v) is 1.49. The van der Waals surface area contributed by atoms with Crippen molar-refractivity contribution in [2.45, 2.75) is 30.9 Å². The van der Waals surface area contributed by atoms with Crippen molar-refractivity contribution in [2.24, 2.45) is 0 Å².